The van der Waals surface area contributed by atoms with E-state index in [4.69, 9.17) is 18.0 Å². The van der Waals surface area contributed by atoms with Crippen molar-refractivity contribution in [1.29, 1.82) is 0 Å². The van der Waals surface area contributed by atoms with Crippen LogP contribution in [0, 0.1) is 0 Å². The van der Waals surface area contributed by atoms with Crippen LogP contribution in [0.25, 0.3) is 23.3 Å². The van der Waals surface area contributed by atoms with Gasteiger partial charge in [-0.3, -0.25) is 4.79 Å². The van der Waals surface area contributed by atoms with Crippen molar-refractivity contribution in [3.63, 3.8) is 0 Å². The topological polar surface area (TPSA) is 124 Å². The fourth-order valence-corrected chi connectivity index (χ4v) is 3.32. The van der Waals surface area contributed by atoms with Gasteiger partial charge in [0.2, 0.25) is 0 Å². The van der Waals surface area contributed by atoms with Gasteiger partial charge >= 0.3 is 5.97 Å². The van der Waals surface area contributed by atoms with Crippen LogP contribution in [0.2, 0.25) is 0 Å². The number of thiazole rings is 1. The SMILES string of the molecule is CCOC(=O)/C(c1nnc(-c2ccco2)o1)=c1\[nH]c(=O)c(=Cc2ccco2)s1. The lowest BCUT2D eigenvalue weighted by Crippen LogP contribution is -2.22. The minimum atomic E-state index is -0.695. The summed E-state index contributed by atoms with van der Waals surface area (Å²) in [6, 6.07) is 6.73. The van der Waals surface area contributed by atoms with E-state index in [9.17, 15) is 9.59 Å². The number of aromatic nitrogens is 3. The predicted molar refractivity (Wildman–Crippen MR) is 97.6 cm³/mol. The zero-order chi connectivity index (χ0) is 19.5. The average Bonchev–Trinajstić information content (AvgIpc) is 3.44. The molecule has 4 aromatic rings. The Bertz CT molecular complexity index is 1260. The number of aromatic amines is 1. The van der Waals surface area contributed by atoms with Crippen molar-refractivity contribution in [1.82, 2.24) is 15.2 Å². The maximum atomic E-state index is 12.5. The van der Waals surface area contributed by atoms with Gasteiger partial charge in [0, 0.05) is 6.08 Å². The molecule has 142 valence electrons. The molecule has 0 aliphatic heterocycles. The van der Waals surface area contributed by atoms with Gasteiger partial charge in [-0.05, 0) is 31.2 Å². The van der Waals surface area contributed by atoms with Crippen molar-refractivity contribution in [3.05, 3.63) is 68.0 Å². The van der Waals surface area contributed by atoms with Gasteiger partial charge in [-0.2, -0.15) is 0 Å². The highest BCUT2D eigenvalue weighted by atomic mass is 32.1. The second kappa shape index (κ2) is 7.53. The third kappa shape index (κ3) is 3.45. The molecule has 0 unspecified atom stereocenters. The molecule has 0 aliphatic carbocycles. The van der Waals surface area contributed by atoms with E-state index in [1.54, 1.807) is 37.3 Å². The molecule has 0 spiro atoms. The monoisotopic (exact) mass is 399 g/mol. The Labute approximate surface area is 160 Å². The number of esters is 1. The highest BCUT2D eigenvalue weighted by molar-refractivity contribution is 7.07. The molecule has 4 rings (SSSR count). The molecule has 28 heavy (non-hydrogen) atoms. The number of H-pyrrole nitrogens is 1. The van der Waals surface area contributed by atoms with Crippen LogP contribution < -0.4 is 14.8 Å². The van der Waals surface area contributed by atoms with Crippen LogP contribution in [-0.4, -0.2) is 27.8 Å². The minimum absolute atomic E-state index is 0.0339. The van der Waals surface area contributed by atoms with Crippen LogP contribution >= 0.6 is 11.3 Å². The number of rotatable bonds is 5. The Morgan fingerprint density at radius 3 is 2.79 bits per heavy atom. The maximum absolute atomic E-state index is 12.5. The molecule has 10 heteroatoms. The van der Waals surface area contributed by atoms with Crippen LogP contribution in [0.15, 0.2) is 54.8 Å². The van der Waals surface area contributed by atoms with Crippen molar-refractivity contribution in [2.75, 3.05) is 6.61 Å². The second-order valence-electron chi connectivity index (χ2n) is 5.39. The third-order valence-corrected chi connectivity index (χ3v) is 4.59. The normalized spacial score (nSPS) is 13.0. The number of hydrogen-bond acceptors (Lipinski definition) is 9. The van der Waals surface area contributed by atoms with Crippen LogP contribution in [0.1, 0.15) is 18.6 Å². The van der Waals surface area contributed by atoms with Gasteiger partial charge in [-0.15, -0.1) is 21.5 Å². The van der Waals surface area contributed by atoms with E-state index < -0.39 is 5.97 Å². The fraction of sp³-hybridized carbons (Fsp3) is 0.111. The van der Waals surface area contributed by atoms with E-state index in [1.807, 2.05) is 0 Å². The number of furan rings is 2. The zero-order valence-corrected chi connectivity index (χ0v) is 15.3. The summed E-state index contributed by atoms with van der Waals surface area (Å²) in [5.74, 6) is 0.178. The maximum Gasteiger partial charge on any atom is 0.346 e. The van der Waals surface area contributed by atoms with Gasteiger partial charge in [0.15, 0.2) is 11.3 Å². The summed E-state index contributed by atoms with van der Waals surface area (Å²) >= 11 is 1.05. The van der Waals surface area contributed by atoms with Crippen LogP contribution in [0.5, 0.6) is 0 Å². The molecule has 0 fully saturated rings. The quantitative estimate of drug-likeness (QED) is 0.498. The first-order valence-corrected chi connectivity index (χ1v) is 9.01. The lowest BCUT2D eigenvalue weighted by Gasteiger charge is -2.01. The van der Waals surface area contributed by atoms with E-state index in [0.29, 0.717) is 16.1 Å². The smallest absolute Gasteiger partial charge is 0.346 e. The second-order valence-corrected chi connectivity index (χ2v) is 6.45. The molecule has 0 saturated carbocycles. The van der Waals surface area contributed by atoms with Gasteiger partial charge in [-0.25, -0.2) is 4.79 Å². The van der Waals surface area contributed by atoms with Gasteiger partial charge < -0.3 is 23.0 Å². The van der Waals surface area contributed by atoms with Gasteiger partial charge in [0.05, 0.1) is 23.7 Å². The number of nitrogens with one attached hydrogen (secondary N) is 1. The largest absolute Gasteiger partial charge is 0.465 e. The van der Waals surface area contributed by atoms with Crippen molar-refractivity contribution >= 4 is 29.0 Å². The van der Waals surface area contributed by atoms with E-state index in [0.717, 1.165) is 11.3 Å². The first kappa shape index (κ1) is 17.7. The fourth-order valence-electron chi connectivity index (χ4n) is 2.36. The number of carbonyl (C=O) groups excluding carboxylic acids is 1. The highest BCUT2D eigenvalue weighted by Crippen LogP contribution is 2.21. The van der Waals surface area contributed by atoms with E-state index in [-0.39, 0.29) is 34.2 Å². The van der Waals surface area contributed by atoms with E-state index in [1.165, 1.54) is 12.5 Å². The standard InChI is InChI=1S/C18H13N3O6S/c1-2-24-18(23)13(16-21-20-15(27-16)11-6-4-8-26-11)17-19-14(22)12(28-17)9-10-5-3-7-25-10/h3-9H,2H2,1H3,(H,19,22)/b12-9?,17-13+. The molecule has 1 N–H and O–H groups in total. The Hall–Kier alpha value is -3.66. The Morgan fingerprint density at radius 2 is 2.07 bits per heavy atom. The van der Waals surface area contributed by atoms with Gasteiger partial charge in [-0.1, -0.05) is 0 Å². The molecule has 4 heterocycles. The third-order valence-electron chi connectivity index (χ3n) is 3.56. The molecule has 0 atom stereocenters. The first-order valence-electron chi connectivity index (χ1n) is 8.19. The number of carbonyl (C=O) groups is 1. The molecule has 0 aromatic carbocycles. The molecule has 0 aliphatic rings. The van der Waals surface area contributed by atoms with Gasteiger partial charge in [0.1, 0.15) is 10.4 Å². The van der Waals surface area contributed by atoms with Crippen molar-refractivity contribution in [2.45, 2.75) is 6.92 Å². The molecular formula is C18H13N3O6S. The average molecular weight is 399 g/mol. The molecule has 4 aromatic heterocycles. The Morgan fingerprint density at radius 1 is 1.25 bits per heavy atom. The first-order chi connectivity index (χ1) is 13.7. The summed E-state index contributed by atoms with van der Waals surface area (Å²) in [4.78, 5) is 27.5. The lowest BCUT2D eigenvalue weighted by molar-refractivity contribution is -0.136. The van der Waals surface area contributed by atoms with Crippen LogP contribution in [0.3, 0.4) is 0 Å². The number of nitrogens with zero attached hydrogens (tertiary/aromatic N) is 2. The lowest BCUT2D eigenvalue weighted by atomic mass is 10.3. The molecule has 0 amide bonds. The van der Waals surface area contributed by atoms with Crippen LogP contribution in [0.4, 0.5) is 0 Å². The summed E-state index contributed by atoms with van der Waals surface area (Å²) < 4.78 is 21.7. The zero-order valence-electron chi connectivity index (χ0n) is 14.5. The summed E-state index contributed by atoms with van der Waals surface area (Å²) in [5.41, 5.74) is -0.419. The van der Waals surface area contributed by atoms with Crippen molar-refractivity contribution in [2.24, 2.45) is 0 Å². The molecule has 9 nitrogen and oxygen atoms in total. The summed E-state index contributed by atoms with van der Waals surface area (Å²) in [5, 5.41) is 7.80. The summed E-state index contributed by atoms with van der Waals surface area (Å²) in [6.07, 6.45) is 4.53. The Kier molecular flexibility index (Phi) is 4.77. The van der Waals surface area contributed by atoms with Crippen molar-refractivity contribution in [3.8, 4) is 11.7 Å². The highest BCUT2D eigenvalue weighted by Gasteiger charge is 2.24. The molecule has 0 radical (unpaired) electrons. The van der Waals surface area contributed by atoms with Crippen LogP contribution in [-0.2, 0) is 9.53 Å². The van der Waals surface area contributed by atoms with Crippen molar-refractivity contribution < 1.29 is 22.8 Å². The minimum Gasteiger partial charge on any atom is -0.465 e. The van der Waals surface area contributed by atoms with E-state index >= 15 is 0 Å². The number of hydrogen-bond donors (Lipinski definition) is 1. The summed E-state index contributed by atoms with van der Waals surface area (Å²) in [7, 11) is 0. The van der Waals surface area contributed by atoms with Gasteiger partial charge in [0.25, 0.3) is 17.3 Å². The molecular weight excluding hydrogens is 386 g/mol. The summed E-state index contributed by atoms with van der Waals surface area (Å²) in [6.45, 7) is 1.81. The molecule has 0 bridgehead atoms. The Balaban J connectivity index is 1.88. The molecule has 0 saturated heterocycles. The number of ether oxygens (including phenoxy) is 1. The predicted octanol–water partition coefficient (Wildman–Crippen LogP) is 1.26. The van der Waals surface area contributed by atoms with E-state index in [2.05, 4.69) is 15.2 Å².